The van der Waals surface area contributed by atoms with E-state index in [0.717, 1.165) is 4.85 Å². The predicted octanol–water partition coefficient (Wildman–Crippen LogP) is 2.87. The minimum absolute atomic E-state index is 0.630. The third kappa shape index (κ3) is 5.68. The second kappa shape index (κ2) is 9.46. The van der Waals surface area contributed by atoms with Gasteiger partial charge in [0.1, 0.15) is 0 Å². The maximum absolute atomic E-state index is 5.88. The molecule has 0 bridgehead atoms. The van der Waals surface area contributed by atoms with Crippen LogP contribution in [0.1, 0.15) is 52.9 Å². The molecule has 0 atom stereocenters. The van der Waals surface area contributed by atoms with Crippen LogP contribution in [0.2, 0.25) is 0 Å². The third-order valence-corrected chi connectivity index (χ3v) is 7.71. The van der Waals surface area contributed by atoms with E-state index in [9.17, 15) is 0 Å². The fraction of sp³-hybridized carbons (Fsp3) is 1.00. The van der Waals surface area contributed by atoms with Crippen LogP contribution in [-0.4, -0.2) is 30.7 Å². The first-order valence-electron chi connectivity index (χ1n) is 7.41. The first kappa shape index (κ1) is 16.6. The second-order valence-electron chi connectivity index (χ2n) is 4.70. The molecule has 4 nitrogen and oxygen atoms in total. The Kier molecular flexibility index (Phi) is 8.73. The first-order chi connectivity index (χ1) is 8.76. The van der Waals surface area contributed by atoms with Crippen LogP contribution in [0.3, 0.4) is 0 Å². The molecule has 0 heterocycles. The molecule has 0 aliphatic heterocycles. The summed E-state index contributed by atoms with van der Waals surface area (Å²) >= 11 is -3.04. The van der Waals surface area contributed by atoms with Crippen molar-refractivity contribution in [2.24, 2.45) is 0 Å². The molecule has 1 aliphatic rings. The summed E-state index contributed by atoms with van der Waals surface area (Å²) in [7, 11) is 0. The van der Waals surface area contributed by atoms with Crippen LogP contribution in [0.25, 0.3) is 0 Å². The van der Waals surface area contributed by atoms with Crippen molar-refractivity contribution in [3.63, 3.8) is 0 Å². The van der Waals surface area contributed by atoms with Crippen LogP contribution in [0.15, 0.2) is 0 Å². The molecule has 5 heteroatoms. The van der Waals surface area contributed by atoms with Crippen molar-refractivity contribution in [1.29, 1.82) is 0 Å². The van der Waals surface area contributed by atoms with Crippen molar-refractivity contribution in [3.8, 4) is 0 Å². The van der Waals surface area contributed by atoms with Crippen LogP contribution in [0.5, 0.6) is 0 Å². The average molecular weight is 295 g/mol. The van der Waals surface area contributed by atoms with Gasteiger partial charge in [0.2, 0.25) is 0 Å². The molecular formula is C13H29NO3Ti. The van der Waals surface area contributed by atoms with E-state index in [0.29, 0.717) is 25.9 Å². The van der Waals surface area contributed by atoms with Crippen molar-refractivity contribution in [2.45, 2.75) is 58.9 Å². The van der Waals surface area contributed by atoms with Crippen molar-refractivity contribution in [2.75, 3.05) is 24.7 Å². The van der Waals surface area contributed by atoms with Crippen molar-refractivity contribution >= 4 is 0 Å². The zero-order chi connectivity index (χ0) is 13.3. The average Bonchev–Trinajstić information content (AvgIpc) is 2.39. The van der Waals surface area contributed by atoms with Gasteiger partial charge < -0.3 is 0 Å². The van der Waals surface area contributed by atoms with Gasteiger partial charge in [-0.25, -0.2) is 0 Å². The molecule has 108 valence electrons. The van der Waals surface area contributed by atoms with Gasteiger partial charge in [0.05, 0.1) is 0 Å². The van der Waals surface area contributed by atoms with Gasteiger partial charge in [-0.05, 0) is 0 Å². The van der Waals surface area contributed by atoms with Crippen molar-refractivity contribution in [3.05, 3.63) is 0 Å². The van der Waals surface area contributed by atoms with E-state index in [1.165, 1.54) is 32.1 Å². The van der Waals surface area contributed by atoms with Gasteiger partial charge in [0.25, 0.3) is 0 Å². The normalized spacial score (nSPS) is 18.2. The van der Waals surface area contributed by atoms with Crippen LogP contribution < -0.4 is 5.32 Å². The van der Waals surface area contributed by atoms with E-state index in [4.69, 9.17) is 9.96 Å². The standard InChI is InChI=1S/C7H14N.3C2H5O.Ti/c1-8-7-5-3-2-4-6-7;3*1-2-3;/h7-8H,1-6H2;3*2H2,1H3;/q;3*-1;+3. The molecule has 0 aromatic heterocycles. The Morgan fingerprint density at radius 3 is 1.83 bits per heavy atom. The van der Waals surface area contributed by atoms with Crippen LogP contribution in [0, 0.1) is 0 Å². The fourth-order valence-corrected chi connectivity index (χ4v) is 6.28. The molecule has 1 rings (SSSR count). The predicted molar refractivity (Wildman–Crippen MR) is 69.8 cm³/mol. The summed E-state index contributed by atoms with van der Waals surface area (Å²) in [5, 5.41) is 3.63. The van der Waals surface area contributed by atoms with E-state index >= 15 is 0 Å². The number of nitrogens with one attached hydrogen (secondary N) is 1. The molecule has 1 N–H and O–H groups in total. The van der Waals surface area contributed by atoms with Gasteiger partial charge in [-0.1, -0.05) is 0 Å². The number of hydrogen-bond donors (Lipinski definition) is 1. The molecule has 0 amide bonds. The number of rotatable bonds is 9. The van der Waals surface area contributed by atoms with E-state index < -0.39 is 17.8 Å². The van der Waals surface area contributed by atoms with E-state index in [1.807, 2.05) is 20.8 Å². The Hall–Kier alpha value is 0.554. The molecule has 0 unspecified atom stereocenters. The van der Waals surface area contributed by atoms with Crippen LogP contribution in [-0.2, 0) is 27.7 Å². The molecule has 0 aromatic carbocycles. The maximum atomic E-state index is 5.88. The summed E-state index contributed by atoms with van der Waals surface area (Å²) in [4.78, 5) is 0.792. The van der Waals surface area contributed by atoms with Gasteiger partial charge in [-0.3, -0.25) is 0 Å². The Balaban J connectivity index is 2.46. The topological polar surface area (TPSA) is 39.7 Å². The minimum atomic E-state index is -3.04. The molecule has 1 saturated carbocycles. The van der Waals surface area contributed by atoms with Gasteiger partial charge >= 0.3 is 117 Å². The van der Waals surface area contributed by atoms with Crippen molar-refractivity contribution < 1.29 is 27.7 Å². The zero-order valence-electron chi connectivity index (χ0n) is 12.2. The second-order valence-corrected chi connectivity index (χ2v) is 8.74. The molecule has 1 aliphatic carbocycles. The summed E-state index contributed by atoms with van der Waals surface area (Å²) in [5.41, 5.74) is 0. The van der Waals surface area contributed by atoms with Gasteiger partial charge in [0, 0.05) is 0 Å². The summed E-state index contributed by atoms with van der Waals surface area (Å²) in [6.07, 6.45) is 6.63. The van der Waals surface area contributed by atoms with E-state index in [1.54, 1.807) is 0 Å². The van der Waals surface area contributed by atoms with Gasteiger partial charge in [0.15, 0.2) is 0 Å². The summed E-state index contributed by atoms with van der Waals surface area (Å²) in [6, 6.07) is 0.630. The Labute approximate surface area is 117 Å². The number of hydrogen-bond acceptors (Lipinski definition) is 4. The monoisotopic (exact) mass is 295 g/mol. The third-order valence-electron chi connectivity index (χ3n) is 3.31. The fourth-order valence-electron chi connectivity index (χ4n) is 2.51. The van der Waals surface area contributed by atoms with Gasteiger partial charge in [-0.2, -0.15) is 0 Å². The van der Waals surface area contributed by atoms with E-state index in [-0.39, 0.29) is 0 Å². The SMILES string of the molecule is CC[O][Ti]([CH2]NC1CCCCC1)([O]CC)[O]CC. The Morgan fingerprint density at radius 2 is 1.39 bits per heavy atom. The molecule has 18 heavy (non-hydrogen) atoms. The summed E-state index contributed by atoms with van der Waals surface area (Å²) in [5.74, 6) is 0. The van der Waals surface area contributed by atoms with Crippen LogP contribution in [0.4, 0.5) is 0 Å². The molecule has 0 radical (unpaired) electrons. The van der Waals surface area contributed by atoms with Crippen LogP contribution >= 0.6 is 0 Å². The molecule has 1 fully saturated rings. The first-order valence-corrected chi connectivity index (χ1v) is 10.4. The van der Waals surface area contributed by atoms with Crippen molar-refractivity contribution in [1.82, 2.24) is 5.32 Å². The zero-order valence-corrected chi connectivity index (χ0v) is 13.7. The Morgan fingerprint density at radius 1 is 0.889 bits per heavy atom. The Bertz CT molecular complexity index is 193. The molecular weight excluding hydrogens is 266 g/mol. The molecule has 0 saturated heterocycles. The molecule has 0 spiro atoms. The quantitative estimate of drug-likeness (QED) is 0.664. The summed E-state index contributed by atoms with van der Waals surface area (Å²) in [6.45, 7) is 8.06. The summed E-state index contributed by atoms with van der Waals surface area (Å²) < 4.78 is 17.6. The molecule has 0 aromatic rings. The van der Waals surface area contributed by atoms with Gasteiger partial charge in [-0.15, -0.1) is 0 Å². The van der Waals surface area contributed by atoms with E-state index in [2.05, 4.69) is 5.32 Å².